The number of hydrogen-bond donors (Lipinski definition) is 1. The summed E-state index contributed by atoms with van der Waals surface area (Å²) in [6.45, 7) is 3.82. The van der Waals surface area contributed by atoms with Crippen molar-refractivity contribution in [3.05, 3.63) is 36.4 Å². The second-order valence-corrected chi connectivity index (χ2v) is 5.99. The van der Waals surface area contributed by atoms with Crippen LogP contribution in [0.3, 0.4) is 0 Å². The first-order valence-corrected chi connectivity index (χ1v) is 7.84. The zero-order valence-electron chi connectivity index (χ0n) is 12.2. The van der Waals surface area contributed by atoms with E-state index in [-0.39, 0.29) is 6.10 Å². The number of para-hydroxylation sites is 1. The van der Waals surface area contributed by atoms with E-state index >= 15 is 0 Å². The number of hydrogen-bond acceptors (Lipinski definition) is 4. The minimum absolute atomic E-state index is 0.271. The highest BCUT2D eigenvalue weighted by Gasteiger charge is 2.32. The smallest absolute Gasteiger partial charge is 0.126 e. The quantitative estimate of drug-likeness (QED) is 0.935. The molecule has 4 heteroatoms. The maximum Gasteiger partial charge on any atom is 0.126 e. The third kappa shape index (κ3) is 3.01. The fourth-order valence-corrected chi connectivity index (χ4v) is 3.02. The van der Waals surface area contributed by atoms with Crippen molar-refractivity contribution in [1.82, 2.24) is 9.88 Å². The van der Waals surface area contributed by atoms with Crippen molar-refractivity contribution in [3.8, 4) is 0 Å². The van der Waals surface area contributed by atoms with E-state index in [1.807, 2.05) is 24.3 Å². The second-order valence-electron chi connectivity index (χ2n) is 5.99. The van der Waals surface area contributed by atoms with E-state index in [0.29, 0.717) is 0 Å². The molecule has 1 N–H and O–H groups in total. The molecule has 2 aromatic rings. The highest BCUT2D eigenvalue weighted by Crippen LogP contribution is 2.28. The Labute approximate surface area is 125 Å². The van der Waals surface area contributed by atoms with Crippen molar-refractivity contribution in [2.45, 2.75) is 25.0 Å². The van der Waals surface area contributed by atoms with Crippen molar-refractivity contribution < 1.29 is 4.74 Å². The number of morpholine rings is 1. The molecule has 0 amide bonds. The molecule has 1 saturated heterocycles. The molecule has 0 bridgehead atoms. The maximum absolute atomic E-state index is 5.86. The Balaban J connectivity index is 1.38. The number of nitrogens with zero attached hydrogens (tertiary/aromatic N) is 2. The van der Waals surface area contributed by atoms with E-state index in [1.165, 1.54) is 18.2 Å². The highest BCUT2D eigenvalue weighted by molar-refractivity contribution is 5.80. The molecule has 2 heterocycles. The zero-order valence-corrected chi connectivity index (χ0v) is 12.2. The molecule has 4 rings (SSSR count). The number of aromatic nitrogens is 1. The first kappa shape index (κ1) is 13.0. The molecule has 2 fully saturated rings. The van der Waals surface area contributed by atoms with E-state index in [4.69, 9.17) is 4.74 Å². The molecule has 1 aromatic carbocycles. The monoisotopic (exact) mass is 283 g/mol. The summed E-state index contributed by atoms with van der Waals surface area (Å²) in [5.74, 6) is 0.931. The van der Waals surface area contributed by atoms with Gasteiger partial charge in [0.25, 0.3) is 0 Å². The number of anilines is 1. The Kier molecular flexibility index (Phi) is 3.49. The van der Waals surface area contributed by atoms with Crippen molar-refractivity contribution in [2.75, 3.05) is 31.6 Å². The summed E-state index contributed by atoms with van der Waals surface area (Å²) in [6.07, 6.45) is 3.01. The van der Waals surface area contributed by atoms with Crippen LogP contribution in [0.2, 0.25) is 0 Å². The number of benzene rings is 1. The molecule has 1 unspecified atom stereocenters. The van der Waals surface area contributed by atoms with Gasteiger partial charge in [-0.1, -0.05) is 18.2 Å². The normalized spacial score (nSPS) is 23.3. The van der Waals surface area contributed by atoms with Crippen molar-refractivity contribution in [1.29, 1.82) is 0 Å². The van der Waals surface area contributed by atoms with Crippen LogP contribution in [0.5, 0.6) is 0 Å². The van der Waals surface area contributed by atoms with Gasteiger partial charge >= 0.3 is 0 Å². The first-order chi connectivity index (χ1) is 10.4. The van der Waals surface area contributed by atoms with Crippen LogP contribution in [0.15, 0.2) is 36.4 Å². The van der Waals surface area contributed by atoms with E-state index in [1.54, 1.807) is 0 Å². The molecule has 1 aromatic heterocycles. The van der Waals surface area contributed by atoms with Crippen LogP contribution in [0.1, 0.15) is 12.8 Å². The molecule has 1 aliphatic heterocycles. The Hall–Kier alpha value is -1.65. The Morgan fingerprint density at radius 2 is 2.10 bits per heavy atom. The number of rotatable bonds is 4. The fourth-order valence-electron chi connectivity index (χ4n) is 3.02. The number of fused-ring (bicyclic) bond motifs is 1. The van der Waals surface area contributed by atoms with Crippen LogP contribution in [0, 0.1) is 0 Å². The lowest BCUT2D eigenvalue weighted by Crippen LogP contribution is -2.46. The van der Waals surface area contributed by atoms with Crippen LogP contribution in [0.4, 0.5) is 5.82 Å². The average Bonchev–Trinajstić information content (AvgIpc) is 3.38. The predicted molar refractivity (Wildman–Crippen MR) is 84.6 cm³/mol. The average molecular weight is 283 g/mol. The van der Waals surface area contributed by atoms with E-state index in [2.05, 4.69) is 27.3 Å². The molecule has 4 nitrogen and oxygen atoms in total. The third-order valence-electron chi connectivity index (χ3n) is 4.34. The van der Waals surface area contributed by atoms with Gasteiger partial charge in [-0.2, -0.15) is 0 Å². The largest absolute Gasteiger partial charge is 0.374 e. The molecular formula is C17H21N3O. The summed E-state index contributed by atoms with van der Waals surface area (Å²) >= 11 is 0. The summed E-state index contributed by atoms with van der Waals surface area (Å²) in [5.41, 5.74) is 1.03. The summed E-state index contributed by atoms with van der Waals surface area (Å²) in [6, 6.07) is 13.2. The lowest BCUT2D eigenvalue weighted by atomic mass is 10.2. The lowest BCUT2D eigenvalue weighted by Gasteiger charge is -2.33. The third-order valence-corrected chi connectivity index (χ3v) is 4.34. The Morgan fingerprint density at radius 3 is 3.00 bits per heavy atom. The molecule has 1 aliphatic carbocycles. The van der Waals surface area contributed by atoms with Crippen LogP contribution in [-0.4, -0.2) is 48.3 Å². The van der Waals surface area contributed by atoms with Crippen LogP contribution in [-0.2, 0) is 4.74 Å². The lowest BCUT2D eigenvalue weighted by molar-refractivity contribution is -0.0241. The molecule has 2 aliphatic rings. The SMILES string of the molecule is c1ccc2nc(NCC3CN(C4CC4)CCO3)ccc2c1. The fraction of sp³-hybridized carbons (Fsp3) is 0.471. The topological polar surface area (TPSA) is 37.4 Å². The van der Waals surface area contributed by atoms with Crippen LogP contribution < -0.4 is 5.32 Å². The zero-order chi connectivity index (χ0) is 14.1. The number of nitrogens with one attached hydrogen (secondary N) is 1. The van der Waals surface area contributed by atoms with Gasteiger partial charge in [0, 0.05) is 31.1 Å². The van der Waals surface area contributed by atoms with Crippen molar-refractivity contribution in [3.63, 3.8) is 0 Å². The Morgan fingerprint density at radius 1 is 1.19 bits per heavy atom. The van der Waals surface area contributed by atoms with E-state index in [0.717, 1.165) is 43.6 Å². The summed E-state index contributed by atoms with van der Waals surface area (Å²) in [5, 5.41) is 4.60. The first-order valence-electron chi connectivity index (χ1n) is 7.84. The summed E-state index contributed by atoms with van der Waals surface area (Å²) < 4.78 is 5.86. The highest BCUT2D eigenvalue weighted by atomic mass is 16.5. The van der Waals surface area contributed by atoms with Gasteiger partial charge in [-0.3, -0.25) is 4.90 Å². The van der Waals surface area contributed by atoms with Crippen molar-refractivity contribution >= 4 is 16.7 Å². The number of pyridine rings is 1. The van der Waals surface area contributed by atoms with Gasteiger partial charge in [0.1, 0.15) is 5.82 Å². The molecule has 1 saturated carbocycles. The second kappa shape index (κ2) is 5.62. The van der Waals surface area contributed by atoms with Crippen molar-refractivity contribution in [2.24, 2.45) is 0 Å². The van der Waals surface area contributed by atoms with Crippen LogP contribution >= 0.6 is 0 Å². The van der Waals surface area contributed by atoms with Gasteiger partial charge in [-0.05, 0) is 31.0 Å². The molecular weight excluding hydrogens is 262 g/mol. The molecule has 0 radical (unpaired) electrons. The predicted octanol–water partition coefficient (Wildman–Crippen LogP) is 2.51. The number of ether oxygens (including phenoxy) is 1. The van der Waals surface area contributed by atoms with Gasteiger partial charge in [-0.15, -0.1) is 0 Å². The molecule has 110 valence electrons. The minimum Gasteiger partial charge on any atom is -0.374 e. The summed E-state index contributed by atoms with van der Waals surface area (Å²) in [4.78, 5) is 7.22. The molecule has 1 atom stereocenters. The van der Waals surface area contributed by atoms with Gasteiger partial charge in [-0.25, -0.2) is 4.98 Å². The molecule has 0 spiro atoms. The maximum atomic E-state index is 5.86. The van der Waals surface area contributed by atoms with Crippen LogP contribution in [0.25, 0.3) is 10.9 Å². The standard InChI is InChI=1S/C17H21N3O/c1-2-4-16-13(3-1)5-8-17(19-16)18-11-15-12-20(9-10-21-15)14-6-7-14/h1-5,8,14-15H,6-7,9-12H2,(H,18,19). The van der Waals surface area contributed by atoms with Gasteiger partial charge in [0.2, 0.25) is 0 Å². The van der Waals surface area contributed by atoms with Gasteiger partial charge in [0.05, 0.1) is 18.2 Å². The summed E-state index contributed by atoms with van der Waals surface area (Å²) in [7, 11) is 0. The van der Waals surface area contributed by atoms with E-state index < -0.39 is 0 Å². The molecule has 21 heavy (non-hydrogen) atoms. The van der Waals surface area contributed by atoms with Gasteiger partial charge in [0.15, 0.2) is 0 Å². The van der Waals surface area contributed by atoms with E-state index in [9.17, 15) is 0 Å². The van der Waals surface area contributed by atoms with Gasteiger partial charge < -0.3 is 10.1 Å². The minimum atomic E-state index is 0.271. The Bertz CT molecular complexity index is 626.